The summed E-state index contributed by atoms with van der Waals surface area (Å²) in [5.74, 6) is -0.234. The van der Waals surface area contributed by atoms with Gasteiger partial charge in [0, 0.05) is 34.9 Å². The van der Waals surface area contributed by atoms with Gasteiger partial charge in [0.2, 0.25) is 0 Å². The maximum absolute atomic E-state index is 14.6. The average Bonchev–Trinajstić information content (AvgIpc) is 3.07. The molecule has 0 bridgehead atoms. The first-order chi connectivity index (χ1) is 12.8. The molecule has 2 aromatic carbocycles. The van der Waals surface area contributed by atoms with Crippen LogP contribution in [-0.4, -0.2) is 14.8 Å². The molecule has 26 heavy (non-hydrogen) atoms. The maximum atomic E-state index is 14.6. The second-order valence-electron chi connectivity index (χ2n) is 6.71. The zero-order valence-electron chi connectivity index (χ0n) is 14.3. The van der Waals surface area contributed by atoms with E-state index in [1.165, 1.54) is 11.8 Å². The third-order valence-corrected chi connectivity index (χ3v) is 5.14. The van der Waals surface area contributed by atoms with Gasteiger partial charge in [-0.05, 0) is 49.1 Å². The molecule has 0 radical (unpaired) electrons. The molecule has 0 amide bonds. The van der Waals surface area contributed by atoms with Crippen molar-refractivity contribution in [3.63, 3.8) is 0 Å². The molecule has 1 aliphatic rings. The zero-order valence-corrected chi connectivity index (χ0v) is 14.3. The molecule has 4 heteroatoms. The predicted octanol–water partition coefficient (Wildman–Crippen LogP) is 5.24. The first kappa shape index (κ1) is 15.3. The van der Waals surface area contributed by atoms with Crippen molar-refractivity contribution in [2.24, 2.45) is 0 Å². The van der Waals surface area contributed by atoms with Crippen LogP contribution in [-0.2, 0) is 13.0 Å². The molecular formula is C22H18FN3. The molecule has 0 unspecified atom stereocenters. The summed E-state index contributed by atoms with van der Waals surface area (Å²) < 4.78 is 16.7. The van der Waals surface area contributed by atoms with E-state index in [-0.39, 0.29) is 5.82 Å². The van der Waals surface area contributed by atoms with Crippen molar-refractivity contribution in [3.8, 4) is 22.4 Å². The summed E-state index contributed by atoms with van der Waals surface area (Å²) >= 11 is 0. The van der Waals surface area contributed by atoms with Crippen molar-refractivity contribution in [3.05, 3.63) is 72.3 Å². The SMILES string of the molecule is Fc1ccccc1-c1nn2c(c1-c1ccnc3ccccc13)CCCC2. The van der Waals surface area contributed by atoms with E-state index in [0.29, 0.717) is 5.56 Å². The first-order valence-corrected chi connectivity index (χ1v) is 9.01. The lowest BCUT2D eigenvalue weighted by molar-refractivity contribution is 0.487. The molecule has 4 aromatic rings. The number of nitrogens with zero attached hydrogens (tertiary/aromatic N) is 3. The molecule has 0 saturated carbocycles. The number of rotatable bonds is 2. The molecule has 5 rings (SSSR count). The molecule has 0 fully saturated rings. The topological polar surface area (TPSA) is 30.7 Å². The summed E-state index contributed by atoms with van der Waals surface area (Å²) in [5.41, 5.74) is 5.57. The highest BCUT2D eigenvalue weighted by Gasteiger charge is 2.25. The normalized spacial score (nSPS) is 13.7. The van der Waals surface area contributed by atoms with E-state index in [1.807, 2.05) is 42.6 Å². The van der Waals surface area contributed by atoms with Gasteiger partial charge in [-0.15, -0.1) is 0 Å². The van der Waals surface area contributed by atoms with E-state index in [4.69, 9.17) is 5.10 Å². The Morgan fingerprint density at radius 2 is 1.73 bits per heavy atom. The van der Waals surface area contributed by atoms with Crippen molar-refractivity contribution in [1.29, 1.82) is 0 Å². The van der Waals surface area contributed by atoms with Gasteiger partial charge < -0.3 is 0 Å². The minimum absolute atomic E-state index is 0.234. The van der Waals surface area contributed by atoms with Crippen molar-refractivity contribution < 1.29 is 4.39 Å². The summed E-state index contributed by atoms with van der Waals surface area (Å²) in [5, 5.41) is 5.90. The molecule has 3 heterocycles. The largest absolute Gasteiger partial charge is 0.268 e. The van der Waals surface area contributed by atoms with E-state index in [9.17, 15) is 4.39 Å². The zero-order chi connectivity index (χ0) is 17.5. The van der Waals surface area contributed by atoms with Gasteiger partial charge in [-0.3, -0.25) is 9.67 Å². The van der Waals surface area contributed by atoms with Gasteiger partial charge in [-0.25, -0.2) is 4.39 Å². The van der Waals surface area contributed by atoms with Crippen LogP contribution in [0.2, 0.25) is 0 Å². The van der Waals surface area contributed by atoms with Gasteiger partial charge in [0.25, 0.3) is 0 Å². The van der Waals surface area contributed by atoms with E-state index >= 15 is 0 Å². The number of para-hydroxylation sites is 1. The fourth-order valence-corrected chi connectivity index (χ4v) is 3.93. The number of pyridine rings is 1. The Balaban J connectivity index is 1.86. The van der Waals surface area contributed by atoms with Gasteiger partial charge in [-0.1, -0.05) is 30.3 Å². The van der Waals surface area contributed by atoms with Gasteiger partial charge in [-0.2, -0.15) is 5.10 Å². The van der Waals surface area contributed by atoms with Crippen molar-refractivity contribution in [2.45, 2.75) is 25.8 Å². The molecule has 0 atom stereocenters. The number of hydrogen-bond acceptors (Lipinski definition) is 2. The Hall–Kier alpha value is -3.01. The maximum Gasteiger partial charge on any atom is 0.132 e. The highest BCUT2D eigenvalue weighted by molar-refractivity contribution is 5.98. The van der Waals surface area contributed by atoms with E-state index < -0.39 is 0 Å². The van der Waals surface area contributed by atoms with Crippen molar-refractivity contribution in [1.82, 2.24) is 14.8 Å². The lowest BCUT2D eigenvalue weighted by Crippen LogP contribution is -2.11. The van der Waals surface area contributed by atoms with E-state index in [1.54, 1.807) is 6.07 Å². The minimum Gasteiger partial charge on any atom is -0.268 e. The summed E-state index contributed by atoms with van der Waals surface area (Å²) in [6, 6.07) is 17.0. The fraction of sp³-hybridized carbons (Fsp3) is 0.182. The Morgan fingerprint density at radius 1 is 0.885 bits per heavy atom. The monoisotopic (exact) mass is 343 g/mol. The van der Waals surface area contributed by atoms with Crippen LogP contribution in [0.3, 0.4) is 0 Å². The highest BCUT2D eigenvalue weighted by atomic mass is 19.1. The van der Waals surface area contributed by atoms with Crippen molar-refractivity contribution >= 4 is 10.9 Å². The Morgan fingerprint density at radius 3 is 2.65 bits per heavy atom. The predicted molar refractivity (Wildman–Crippen MR) is 101 cm³/mol. The number of benzene rings is 2. The van der Waals surface area contributed by atoms with Gasteiger partial charge in [0.15, 0.2) is 0 Å². The van der Waals surface area contributed by atoms with Crippen LogP contribution in [0.15, 0.2) is 60.8 Å². The molecular weight excluding hydrogens is 325 g/mol. The lowest BCUT2D eigenvalue weighted by Gasteiger charge is -2.15. The quantitative estimate of drug-likeness (QED) is 0.498. The second kappa shape index (κ2) is 6.06. The summed E-state index contributed by atoms with van der Waals surface area (Å²) in [6.07, 6.45) is 5.05. The number of aromatic nitrogens is 3. The van der Waals surface area contributed by atoms with Crippen LogP contribution in [0.5, 0.6) is 0 Å². The second-order valence-corrected chi connectivity index (χ2v) is 6.71. The molecule has 0 aliphatic carbocycles. The molecule has 0 saturated heterocycles. The van der Waals surface area contributed by atoms with Gasteiger partial charge in [0.05, 0.1) is 5.52 Å². The van der Waals surface area contributed by atoms with Crippen LogP contribution < -0.4 is 0 Å². The van der Waals surface area contributed by atoms with E-state index in [2.05, 4.69) is 15.7 Å². The Labute approximate surface area is 151 Å². The minimum atomic E-state index is -0.234. The Kier molecular flexibility index (Phi) is 3.56. The number of halogens is 1. The van der Waals surface area contributed by atoms with Crippen molar-refractivity contribution in [2.75, 3.05) is 0 Å². The molecule has 0 N–H and O–H groups in total. The molecule has 0 spiro atoms. The summed E-state index contributed by atoms with van der Waals surface area (Å²) in [6.45, 7) is 0.889. The fourth-order valence-electron chi connectivity index (χ4n) is 3.93. The Bertz CT molecular complexity index is 1110. The summed E-state index contributed by atoms with van der Waals surface area (Å²) in [4.78, 5) is 4.48. The third kappa shape index (κ3) is 2.33. The van der Waals surface area contributed by atoms with E-state index in [0.717, 1.165) is 53.5 Å². The number of aryl methyl sites for hydroxylation is 1. The smallest absolute Gasteiger partial charge is 0.132 e. The molecule has 2 aromatic heterocycles. The van der Waals surface area contributed by atoms with Crippen LogP contribution in [0.4, 0.5) is 4.39 Å². The van der Waals surface area contributed by atoms with Crippen LogP contribution in [0, 0.1) is 5.82 Å². The average molecular weight is 343 g/mol. The number of fused-ring (bicyclic) bond motifs is 2. The lowest BCUT2D eigenvalue weighted by atomic mass is 9.93. The van der Waals surface area contributed by atoms with Crippen LogP contribution >= 0.6 is 0 Å². The molecule has 3 nitrogen and oxygen atoms in total. The molecule has 128 valence electrons. The van der Waals surface area contributed by atoms with Gasteiger partial charge >= 0.3 is 0 Å². The third-order valence-electron chi connectivity index (χ3n) is 5.14. The summed E-state index contributed by atoms with van der Waals surface area (Å²) in [7, 11) is 0. The highest BCUT2D eigenvalue weighted by Crippen LogP contribution is 2.40. The standard InChI is InChI=1S/C22H18FN3/c23-18-9-3-1-8-17(18)22-21(20-11-5-6-14-26(20)25-22)16-12-13-24-19-10-4-2-7-15(16)19/h1-4,7-10,12-13H,5-6,11,14H2. The van der Waals surface area contributed by atoms with Gasteiger partial charge in [0.1, 0.15) is 11.5 Å². The first-order valence-electron chi connectivity index (χ1n) is 9.01. The van der Waals surface area contributed by atoms with Crippen LogP contribution in [0.25, 0.3) is 33.3 Å². The van der Waals surface area contributed by atoms with Crippen LogP contribution in [0.1, 0.15) is 18.5 Å². The molecule has 1 aliphatic heterocycles. The number of hydrogen-bond donors (Lipinski definition) is 0.